The molecule has 0 unspecified atom stereocenters. The SMILES string of the molecule is CCc1cc(C(=O)Nc2ccc(C(=O)N3CCC(C(=O)O)CC3)cc2)n[nH]1. The number of hydrogen-bond acceptors (Lipinski definition) is 4. The van der Waals surface area contributed by atoms with Crippen molar-refractivity contribution in [1.29, 1.82) is 0 Å². The number of carboxylic acids is 1. The number of amides is 2. The lowest BCUT2D eigenvalue weighted by Crippen LogP contribution is -2.40. The first-order valence-electron chi connectivity index (χ1n) is 8.95. The van der Waals surface area contributed by atoms with Gasteiger partial charge in [-0.05, 0) is 49.6 Å². The molecule has 0 atom stereocenters. The number of carbonyl (C=O) groups is 3. The molecule has 1 aromatic heterocycles. The third-order valence-electron chi connectivity index (χ3n) is 4.77. The van der Waals surface area contributed by atoms with E-state index < -0.39 is 5.97 Å². The predicted octanol–water partition coefficient (Wildman–Crippen LogP) is 2.16. The Morgan fingerprint density at radius 1 is 1.22 bits per heavy atom. The number of piperidine rings is 1. The molecule has 0 spiro atoms. The summed E-state index contributed by atoms with van der Waals surface area (Å²) in [5, 5.41) is 18.5. The van der Waals surface area contributed by atoms with Crippen molar-refractivity contribution < 1.29 is 19.5 Å². The number of carbonyl (C=O) groups excluding carboxylic acids is 2. The minimum atomic E-state index is -0.801. The second-order valence-corrected chi connectivity index (χ2v) is 6.57. The number of rotatable bonds is 5. The minimum Gasteiger partial charge on any atom is -0.481 e. The van der Waals surface area contributed by atoms with E-state index in [4.69, 9.17) is 5.11 Å². The van der Waals surface area contributed by atoms with Crippen molar-refractivity contribution in [1.82, 2.24) is 15.1 Å². The minimum absolute atomic E-state index is 0.128. The Morgan fingerprint density at radius 2 is 1.89 bits per heavy atom. The molecule has 1 saturated heterocycles. The molecule has 8 heteroatoms. The zero-order chi connectivity index (χ0) is 19.4. The second-order valence-electron chi connectivity index (χ2n) is 6.57. The van der Waals surface area contributed by atoms with E-state index in [1.54, 1.807) is 35.2 Å². The number of aromatic nitrogens is 2. The Labute approximate surface area is 156 Å². The molecule has 0 bridgehead atoms. The van der Waals surface area contributed by atoms with Crippen LogP contribution >= 0.6 is 0 Å². The summed E-state index contributed by atoms with van der Waals surface area (Å²) in [5.41, 5.74) is 2.28. The fourth-order valence-electron chi connectivity index (χ4n) is 3.06. The quantitative estimate of drug-likeness (QED) is 0.746. The van der Waals surface area contributed by atoms with Crippen LogP contribution in [0.15, 0.2) is 30.3 Å². The van der Waals surface area contributed by atoms with Crippen LogP contribution in [0.3, 0.4) is 0 Å². The molecule has 3 rings (SSSR count). The van der Waals surface area contributed by atoms with Gasteiger partial charge in [-0.25, -0.2) is 0 Å². The number of H-pyrrole nitrogens is 1. The van der Waals surface area contributed by atoms with Crippen molar-refractivity contribution in [2.45, 2.75) is 26.2 Å². The molecular formula is C19H22N4O4. The Balaban J connectivity index is 1.59. The van der Waals surface area contributed by atoms with Gasteiger partial charge in [0.1, 0.15) is 0 Å². The van der Waals surface area contributed by atoms with Gasteiger partial charge in [0.2, 0.25) is 0 Å². The highest BCUT2D eigenvalue weighted by atomic mass is 16.4. The number of aliphatic carboxylic acids is 1. The summed E-state index contributed by atoms with van der Waals surface area (Å²) in [5.74, 6) is -1.62. The third kappa shape index (κ3) is 4.33. The van der Waals surface area contributed by atoms with E-state index in [-0.39, 0.29) is 17.7 Å². The molecule has 2 amide bonds. The van der Waals surface area contributed by atoms with Crippen LogP contribution in [0.2, 0.25) is 0 Å². The maximum Gasteiger partial charge on any atom is 0.306 e. The molecule has 1 aliphatic rings. The number of carboxylic acid groups (broad SMARTS) is 1. The second kappa shape index (κ2) is 8.03. The average molecular weight is 370 g/mol. The van der Waals surface area contributed by atoms with Gasteiger partial charge < -0.3 is 15.3 Å². The standard InChI is InChI=1S/C19H22N4O4/c1-2-14-11-16(22-21-14)17(24)20-15-5-3-12(4-6-15)18(25)23-9-7-13(8-10-23)19(26)27/h3-6,11,13H,2,7-10H2,1H3,(H,20,24)(H,21,22)(H,26,27). The van der Waals surface area contributed by atoms with Crippen molar-refractivity contribution in [2.75, 3.05) is 18.4 Å². The van der Waals surface area contributed by atoms with Gasteiger partial charge in [0, 0.05) is 30.0 Å². The number of benzene rings is 1. The van der Waals surface area contributed by atoms with Gasteiger partial charge in [0.25, 0.3) is 11.8 Å². The first-order chi connectivity index (χ1) is 13.0. The molecule has 3 N–H and O–H groups in total. The summed E-state index contributed by atoms with van der Waals surface area (Å²) in [4.78, 5) is 37.4. The number of likely N-dealkylation sites (tertiary alicyclic amines) is 1. The number of nitrogens with one attached hydrogen (secondary N) is 2. The van der Waals surface area contributed by atoms with Crippen molar-refractivity contribution in [3.05, 3.63) is 47.3 Å². The summed E-state index contributed by atoms with van der Waals surface area (Å²) in [6, 6.07) is 8.35. The molecule has 2 heterocycles. The normalized spacial score (nSPS) is 14.8. The van der Waals surface area contributed by atoms with Crippen LogP contribution in [0, 0.1) is 5.92 Å². The smallest absolute Gasteiger partial charge is 0.306 e. The summed E-state index contributed by atoms with van der Waals surface area (Å²) in [7, 11) is 0. The van der Waals surface area contributed by atoms with Crippen molar-refractivity contribution in [2.24, 2.45) is 5.92 Å². The number of hydrogen-bond donors (Lipinski definition) is 3. The van der Waals surface area contributed by atoms with E-state index in [1.165, 1.54) is 0 Å². The van der Waals surface area contributed by atoms with Crippen LogP contribution in [-0.2, 0) is 11.2 Å². The van der Waals surface area contributed by atoms with E-state index in [1.807, 2.05) is 6.92 Å². The maximum absolute atomic E-state index is 12.5. The van der Waals surface area contributed by atoms with Crippen LogP contribution < -0.4 is 5.32 Å². The highest BCUT2D eigenvalue weighted by Gasteiger charge is 2.27. The topological polar surface area (TPSA) is 115 Å². The van der Waals surface area contributed by atoms with Gasteiger partial charge in [0.05, 0.1) is 5.92 Å². The first-order valence-corrected chi connectivity index (χ1v) is 8.95. The monoisotopic (exact) mass is 370 g/mol. The van der Waals surface area contributed by atoms with Gasteiger partial charge in [-0.3, -0.25) is 19.5 Å². The van der Waals surface area contributed by atoms with E-state index in [0.717, 1.165) is 12.1 Å². The van der Waals surface area contributed by atoms with Crippen LogP contribution in [0.1, 0.15) is 46.3 Å². The first kappa shape index (κ1) is 18.6. The molecule has 2 aromatic rings. The fourth-order valence-corrected chi connectivity index (χ4v) is 3.06. The lowest BCUT2D eigenvalue weighted by Gasteiger charge is -2.30. The molecule has 1 aromatic carbocycles. The molecule has 1 aliphatic heterocycles. The van der Waals surface area contributed by atoms with Gasteiger partial charge in [-0.2, -0.15) is 5.10 Å². The van der Waals surface area contributed by atoms with Gasteiger partial charge in [-0.1, -0.05) is 6.92 Å². The number of aromatic amines is 1. The number of aryl methyl sites for hydroxylation is 1. The number of anilines is 1. The highest BCUT2D eigenvalue weighted by Crippen LogP contribution is 2.20. The molecule has 0 radical (unpaired) electrons. The van der Waals surface area contributed by atoms with E-state index in [0.29, 0.717) is 42.9 Å². The highest BCUT2D eigenvalue weighted by molar-refractivity contribution is 6.03. The summed E-state index contributed by atoms with van der Waals surface area (Å²) >= 11 is 0. The Bertz CT molecular complexity index is 836. The zero-order valence-corrected chi connectivity index (χ0v) is 15.1. The Morgan fingerprint density at radius 3 is 2.44 bits per heavy atom. The summed E-state index contributed by atoms with van der Waals surface area (Å²) < 4.78 is 0. The van der Waals surface area contributed by atoms with Crippen LogP contribution in [0.5, 0.6) is 0 Å². The fraction of sp³-hybridized carbons (Fsp3) is 0.368. The predicted molar refractivity (Wildman–Crippen MR) is 98.6 cm³/mol. The van der Waals surface area contributed by atoms with Gasteiger partial charge in [0.15, 0.2) is 5.69 Å². The average Bonchev–Trinajstić information content (AvgIpc) is 3.17. The number of nitrogens with zero attached hydrogens (tertiary/aromatic N) is 2. The van der Waals surface area contributed by atoms with E-state index >= 15 is 0 Å². The molecule has 0 saturated carbocycles. The maximum atomic E-state index is 12.5. The van der Waals surface area contributed by atoms with Gasteiger partial charge in [-0.15, -0.1) is 0 Å². The van der Waals surface area contributed by atoms with Crippen molar-refractivity contribution in [3.8, 4) is 0 Å². The van der Waals surface area contributed by atoms with E-state index in [2.05, 4.69) is 15.5 Å². The molecule has 8 nitrogen and oxygen atoms in total. The molecule has 27 heavy (non-hydrogen) atoms. The van der Waals surface area contributed by atoms with Crippen LogP contribution in [0.4, 0.5) is 5.69 Å². The lowest BCUT2D eigenvalue weighted by atomic mass is 9.96. The Kier molecular flexibility index (Phi) is 5.54. The zero-order valence-electron chi connectivity index (χ0n) is 15.1. The Hall–Kier alpha value is -3.16. The molecule has 142 valence electrons. The van der Waals surface area contributed by atoms with E-state index in [9.17, 15) is 14.4 Å². The summed E-state index contributed by atoms with van der Waals surface area (Å²) in [6.07, 6.45) is 1.71. The van der Waals surface area contributed by atoms with Crippen molar-refractivity contribution in [3.63, 3.8) is 0 Å². The molecule has 1 fully saturated rings. The lowest BCUT2D eigenvalue weighted by molar-refractivity contribution is -0.143. The molecule has 0 aliphatic carbocycles. The molecular weight excluding hydrogens is 348 g/mol. The van der Waals surface area contributed by atoms with Crippen molar-refractivity contribution >= 4 is 23.5 Å². The third-order valence-corrected chi connectivity index (χ3v) is 4.77. The van der Waals surface area contributed by atoms with Crippen LogP contribution in [-0.4, -0.2) is 51.1 Å². The summed E-state index contributed by atoms with van der Waals surface area (Å²) in [6.45, 7) is 2.84. The van der Waals surface area contributed by atoms with Crippen LogP contribution in [0.25, 0.3) is 0 Å². The van der Waals surface area contributed by atoms with Gasteiger partial charge >= 0.3 is 5.97 Å². The largest absolute Gasteiger partial charge is 0.481 e.